The van der Waals surface area contributed by atoms with Gasteiger partial charge in [-0.15, -0.1) is 0 Å². The lowest BCUT2D eigenvalue weighted by Crippen LogP contribution is -2.14. The summed E-state index contributed by atoms with van der Waals surface area (Å²) in [5, 5.41) is 0.981. The van der Waals surface area contributed by atoms with E-state index in [1.165, 1.54) is 32.4 Å². The summed E-state index contributed by atoms with van der Waals surface area (Å²) in [6.07, 6.45) is -4.87. The lowest BCUT2D eigenvalue weighted by Gasteiger charge is -2.19. The minimum atomic E-state index is -4.43. The molecule has 0 radical (unpaired) electrons. The molecule has 1 atom stereocenters. The Morgan fingerprint density at radius 3 is 2.12 bits per heavy atom. The van der Waals surface area contributed by atoms with E-state index in [0.717, 1.165) is 23.0 Å². The Morgan fingerprint density at radius 2 is 1.48 bits per heavy atom. The van der Waals surface area contributed by atoms with E-state index in [1.54, 1.807) is 0 Å². The summed E-state index contributed by atoms with van der Waals surface area (Å²) in [6.45, 7) is 0. The number of pyridine rings is 1. The van der Waals surface area contributed by atoms with Crippen LogP contribution in [0.25, 0.3) is 10.9 Å². The van der Waals surface area contributed by atoms with Crippen molar-refractivity contribution in [3.05, 3.63) is 83.6 Å². The van der Waals surface area contributed by atoms with Crippen molar-refractivity contribution in [2.24, 2.45) is 0 Å². The lowest BCUT2D eigenvalue weighted by molar-refractivity contribution is -0.137. The Labute approximate surface area is 188 Å². The number of fused-ring (bicyclic) bond motifs is 1. The number of alkyl halides is 3. The molecule has 0 saturated heterocycles. The molecule has 4 aromatic rings. The molecule has 6 nitrogen and oxygen atoms in total. The Bertz CT molecular complexity index is 1220. The van der Waals surface area contributed by atoms with Gasteiger partial charge < -0.3 is 14.2 Å². The first-order chi connectivity index (χ1) is 15.9. The quantitative estimate of drug-likeness (QED) is 0.371. The van der Waals surface area contributed by atoms with E-state index in [0.29, 0.717) is 11.3 Å². The summed E-state index contributed by atoms with van der Waals surface area (Å²) < 4.78 is 55.5. The second-order valence-corrected chi connectivity index (χ2v) is 7.16. The molecular weight excluding hydrogens is 435 g/mol. The lowest BCUT2D eigenvalue weighted by atomic mass is 10.0. The molecule has 4 rings (SSSR count). The molecule has 0 spiro atoms. The van der Waals surface area contributed by atoms with E-state index in [1.807, 2.05) is 36.4 Å². The molecule has 2 heterocycles. The molecule has 0 bridgehead atoms. The number of methoxy groups -OCH3 is 2. The van der Waals surface area contributed by atoms with Crippen molar-refractivity contribution < 1.29 is 27.4 Å². The molecule has 170 valence electrons. The van der Waals surface area contributed by atoms with E-state index >= 15 is 0 Å². The Kier molecular flexibility index (Phi) is 6.30. The van der Waals surface area contributed by atoms with Crippen molar-refractivity contribution in [3.63, 3.8) is 0 Å². The summed E-state index contributed by atoms with van der Waals surface area (Å²) in [7, 11) is 2.88. The first-order valence-corrected chi connectivity index (χ1v) is 10.0. The van der Waals surface area contributed by atoms with E-state index in [-0.39, 0.29) is 24.2 Å². The summed E-state index contributed by atoms with van der Waals surface area (Å²) in [5.74, 6) is 0.457. The fourth-order valence-electron chi connectivity index (χ4n) is 3.30. The van der Waals surface area contributed by atoms with Crippen LogP contribution in [0.1, 0.15) is 22.9 Å². The van der Waals surface area contributed by atoms with Crippen LogP contribution in [0.4, 0.5) is 13.2 Å². The average molecular weight is 455 g/mol. The van der Waals surface area contributed by atoms with Crippen LogP contribution in [0.2, 0.25) is 0 Å². The van der Waals surface area contributed by atoms with Gasteiger partial charge in [0.25, 0.3) is 0 Å². The molecule has 0 aliphatic heterocycles. The van der Waals surface area contributed by atoms with E-state index in [2.05, 4.69) is 15.0 Å². The number of nitrogens with zero attached hydrogens (tertiary/aromatic N) is 3. The number of rotatable bonds is 7. The second-order valence-electron chi connectivity index (χ2n) is 7.16. The van der Waals surface area contributed by atoms with E-state index in [4.69, 9.17) is 14.2 Å². The smallest absolute Gasteiger partial charge is 0.416 e. The first kappa shape index (κ1) is 22.3. The number of aromatic nitrogens is 3. The molecule has 0 N–H and O–H groups in total. The number of hydrogen-bond acceptors (Lipinski definition) is 6. The van der Waals surface area contributed by atoms with Gasteiger partial charge in [0.2, 0.25) is 11.8 Å². The minimum Gasteiger partial charge on any atom is -0.481 e. The molecule has 0 aliphatic carbocycles. The molecule has 0 amide bonds. The SMILES string of the molecule is COc1cc(OC)nc(OC(Cc2ccc3ccccc3n2)c2ccc(C(F)(F)F)cc2)n1. The van der Waals surface area contributed by atoms with Crippen molar-refractivity contribution in [1.29, 1.82) is 0 Å². The standard InChI is InChI=1S/C24H20F3N3O3/c1-31-21-14-22(32-2)30-23(29-21)33-20(16-7-10-17(11-8-16)24(25,26)27)13-18-12-9-15-5-3-4-6-19(15)28-18/h3-12,14,20H,13H2,1-2H3. The van der Waals surface area contributed by atoms with Gasteiger partial charge in [-0.2, -0.15) is 23.1 Å². The number of hydrogen-bond donors (Lipinski definition) is 0. The van der Waals surface area contributed by atoms with Crippen molar-refractivity contribution in [2.75, 3.05) is 14.2 Å². The molecule has 2 aromatic heterocycles. The van der Waals surface area contributed by atoms with E-state index < -0.39 is 17.8 Å². The fourth-order valence-corrected chi connectivity index (χ4v) is 3.30. The van der Waals surface area contributed by atoms with Crippen LogP contribution in [0.15, 0.2) is 66.7 Å². The van der Waals surface area contributed by atoms with Crippen molar-refractivity contribution >= 4 is 10.9 Å². The van der Waals surface area contributed by atoms with Gasteiger partial charge in [0.15, 0.2) is 0 Å². The van der Waals surface area contributed by atoms with Crippen LogP contribution < -0.4 is 14.2 Å². The summed E-state index contributed by atoms with van der Waals surface area (Å²) in [6, 6.07) is 17.7. The molecule has 0 aliphatic rings. The average Bonchev–Trinajstić information content (AvgIpc) is 2.83. The maximum atomic E-state index is 13.0. The van der Waals surface area contributed by atoms with Crippen molar-refractivity contribution in [2.45, 2.75) is 18.7 Å². The highest BCUT2D eigenvalue weighted by molar-refractivity contribution is 5.78. The fraction of sp³-hybridized carbons (Fsp3) is 0.208. The predicted octanol–water partition coefficient (Wildman–Crippen LogP) is 5.42. The van der Waals surface area contributed by atoms with Gasteiger partial charge in [-0.3, -0.25) is 4.98 Å². The van der Waals surface area contributed by atoms with Gasteiger partial charge in [0.1, 0.15) is 6.10 Å². The minimum absolute atomic E-state index is 0.0307. The van der Waals surface area contributed by atoms with E-state index in [9.17, 15) is 13.2 Å². The topological polar surface area (TPSA) is 66.4 Å². The predicted molar refractivity (Wildman–Crippen MR) is 115 cm³/mol. The first-order valence-electron chi connectivity index (χ1n) is 10.0. The molecule has 0 saturated carbocycles. The summed E-state index contributed by atoms with van der Waals surface area (Å²) >= 11 is 0. The van der Waals surface area contributed by atoms with Gasteiger partial charge in [0, 0.05) is 17.5 Å². The maximum Gasteiger partial charge on any atom is 0.416 e. The van der Waals surface area contributed by atoms with Crippen molar-refractivity contribution in [3.8, 4) is 17.8 Å². The number of para-hydroxylation sites is 1. The summed E-state index contributed by atoms with van der Waals surface area (Å²) in [5.41, 5.74) is 1.28. The van der Waals surface area contributed by atoms with Crippen molar-refractivity contribution in [1.82, 2.24) is 15.0 Å². The summed E-state index contributed by atoms with van der Waals surface area (Å²) in [4.78, 5) is 13.0. The highest BCUT2D eigenvalue weighted by Gasteiger charge is 2.30. The maximum absolute atomic E-state index is 13.0. The van der Waals surface area contributed by atoms with Gasteiger partial charge in [0.05, 0.1) is 31.4 Å². The van der Waals surface area contributed by atoms with Crippen LogP contribution >= 0.6 is 0 Å². The molecule has 33 heavy (non-hydrogen) atoms. The van der Waals surface area contributed by atoms with Gasteiger partial charge in [-0.25, -0.2) is 0 Å². The Hall–Kier alpha value is -3.88. The largest absolute Gasteiger partial charge is 0.481 e. The molecule has 9 heteroatoms. The monoisotopic (exact) mass is 455 g/mol. The molecular formula is C24H20F3N3O3. The molecule has 0 fully saturated rings. The molecule has 2 aromatic carbocycles. The third-order valence-electron chi connectivity index (χ3n) is 4.98. The Balaban J connectivity index is 1.69. The van der Waals surface area contributed by atoms with Gasteiger partial charge in [-0.05, 0) is 29.8 Å². The van der Waals surface area contributed by atoms with Crippen LogP contribution in [0, 0.1) is 0 Å². The zero-order valence-electron chi connectivity index (χ0n) is 17.8. The number of halogens is 3. The molecule has 1 unspecified atom stereocenters. The third-order valence-corrected chi connectivity index (χ3v) is 4.98. The van der Waals surface area contributed by atoms with Crippen LogP contribution in [-0.4, -0.2) is 29.2 Å². The zero-order chi connectivity index (χ0) is 23.4. The van der Waals surface area contributed by atoms with Gasteiger partial charge >= 0.3 is 12.2 Å². The van der Waals surface area contributed by atoms with Crippen LogP contribution in [-0.2, 0) is 12.6 Å². The van der Waals surface area contributed by atoms with Gasteiger partial charge in [-0.1, -0.05) is 36.4 Å². The normalized spacial score (nSPS) is 12.4. The number of benzene rings is 2. The second kappa shape index (κ2) is 9.32. The Morgan fingerprint density at radius 1 is 0.818 bits per heavy atom. The number of ether oxygens (including phenoxy) is 3. The van der Waals surface area contributed by atoms with Crippen LogP contribution in [0.3, 0.4) is 0 Å². The highest BCUT2D eigenvalue weighted by Crippen LogP contribution is 2.32. The van der Waals surface area contributed by atoms with Crippen LogP contribution in [0.5, 0.6) is 17.8 Å². The highest BCUT2D eigenvalue weighted by atomic mass is 19.4. The zero-order valence-corrected chi connectivity index (χ0v) is 17.8. The third kappa shape index (κ3) is 5.31.